The number of anilines is 1. The fraction of sp³-hybridized carbons (Fsp3) is 0.278. The first kappa shape index (κ1) is 21.7. The van der Waals surface area contributed by atoms with Gasteiger partial charge in [0.05, 0.1) is 9.79 Å². The summed E-state index contributed by atoms with van der Waals surface area (Å²) in [7, 11) is -7.84. The Morgan fingerprint density at radius 1 is 0.857 bits per heavy atom. The second-order valence-electron chi connectivity index (χ2n) is 6.16. The summed E-state index contributed by atoms with van der Waals surface area (Å²) >= 11 is 0. The average molecular weight is 426 g/mol. The lowest BCUT2D eigenvalue weighted by atomic mass is 10.2. The van der Waals surface area contributed by atoms with Gasteiger partial charge in [-0.3, -0.25) is 4.72 Å². The van der Waals surface area contributed by atoms with Crippen LogP contribution in [0, 0.1) is 6.92 Å². The zero-order chi connectivity index (χ0) is 20.8. The minimum absolute atomic E-state index is 0.0974. The lowest BCUT2D eigenvalue weighted by Gasteiger charge is -2.10. The molecule has 2 amide bonds. The molecule has 2 aromatic carbocycles. The summed E-state index contributed by atoms with van der Waals surface area (Å²) in [5, 5.41) is 2.45. The van der Waals surface area contributed by atoms with Crippen molar-refractivity contribution in [3.05, 3.63) is 54.1 Å². The second kappa shape index (κ2) is 9.07. The number of hydrogen-bond donors (Lipinski definition) is 3. The van der Waals surface area contributed by atoms with E-state index in [0.717, 1.165) is 18.4 Å². The zero-order valence-electron chi connectivity index (χ0n) is 15.6. The molecule has 0 heterocycles. The van der Waals surface area contributed by atoms with Crippen molar-refractivity contribution in [1.29, 1.82) is 0 Å². The van der Waals surface area contributed by atoms with E-state index < -0.39 is 26.1 Å². The molecular formula is C18H23N3O5S2. The monoisotopic (exact) mass is 425 g/mol. The molecule has 2 aromatic rings. The Kier molecular flexibility index (Phi) is 7.03. The van der Waals surface area contributed by atoms with Crippen molar-refractivity contribution in [2.75, 3.05) is 11.3 Å². The highest BCUT2D eigenvalue weighted by Crippen LogP contribution is 2.18. The second-order valence-corrected chi connectivity index (χ2v) is 9.52. The molecule has 0 unspecified atom stereocenters. The van der Waals surface area contributed by atoms with E-state index in [0.29, 0.717) is 6.54 Å². The van der Waals surface area contributed by atoms with E-state index in [4.69, 9.17) is 0 Å². The topological polar surface area (TPSA) is 121 Å². The number of unbranched alkanes of at least 4 members (excludes halogenated alkanes) is 1. The van der Waals surface area contributed by atoms with Crippen molar-refractivity contribution in [2.45, 2.75) is 36.5 Å². The lowest BCUT2D eigenvalue weighted by molar-refractivity contribution is 0.245. The summed E-state index contributed by atoms with van der Waals surface area (Å²) < 4.78 is 53.5. The van der Waals surface area contributed by atoms with Crippen LogP contribution in [-0.4, -0.2) is 29.4 Å². The highest BCUT2D eigenvalue weighted by atomic mass is 32.2. The van der Waals surface area contributed by atoms with Crippen LogP contribution in [0.4, 0.5) is 10.5 Å². The van der Waals surface area contributed by atoms with Crippen LogP contribution in [0.3, 0.4) is 0 Å². The van der Waals surface area contributed by atoms with Gasteiger partial charge in [-0.2, -0.15) is 0 Å². The summed E-state index contributed by atoms with van der Waals surface area (Å²) in [6.07, 6.45) is 1.61. The summed E-state index contributed by atoms with van der Waals surface area (Å²) in [5.41, 5.74) is 1.13. The zero-order valence-corrected chi connectivity index (χ0v) is 17.2. The summed E-state index contributed by atoms with van der Waals surface area (Å²) in [6.45, 7) is 4.17. The van der Waals surface area contributed by atoms with Gasteiger partial charge in [0.2, 0.25) is 0 Å². The molecule has 0 radical (unpaired) electrons. The minimum atomic E-state index is -4.05. The SMILES string of the molecule is CCCCNC(=O)NS(=O)(=O)c1ccc(NS(=O)(=O)c2ccc(C)cc2)cc1. The first-order chi connectivity index (χ1) is 13.1. The van der Waals surface area contributed by atoms with Gasteiger partial charge in [0, 0.05) is 12.2 Å². The van der Waals surface area contributed by atoms with Crippen molar-refractivity contribution in [3.63, 3.8) is 0 Å². The molecule has 152 valence electrons. The van der Waals surface area contributed by atoms with Crippen molar-refractivity contribution in [3.8, 4) is 0 Å². The molecule has 8 nitrogen and oxygen atoms in total. The maximum atomic E-state index is 12.4. The molecule has 3 N–H and O–H groups in total. The molecule has 0 aromatic heterocycles. The van der Waals surface area contributed by atoms with Crippen LogP contribution in [0.25, 0.3) is 0 Å². The molecule has 0 saturated heterocycles. The van der Waals surface area contributed by atoms with E-state index in [9.17, 15) is 21.6 Å². The van der Waals surface area contributed by atoms with Crippen LogP contribution in [0.1, 0.15) is 25.3 Å². The van der Waals surface area contributed by atoms with E-state index in [1.807, 2.05) is 18.6 Å². The number of carbonyl (C=O) groups excluding carboxylic acids is 1. The number of sulfonamides is 2. The van der Waals surface area contributed by atoms with Gasteiger partial charge in [0.15, 0.2) is 0 Å². The normalized spacial score (nSPS) is 11.6. The highest BCUT2D eigenvalue weighted by Gasteiger charge is 2.18. The molecule has 28 heavy (non-hydrogen) atoms. The Hall–Kier alpha value is -2.59. The van der Waals surface area contributed by atoms with Crippen molar-refractivity contribution in [1.82, 2.24) is 10.0 Å². The Morgan fingerprint density at radius 2 is 1.39 bits per heavy atom. The highest BCUT2D eigenvalue weighted by molar-refractivity contribution is 7.92. The van der Waals surface area contributed by atoms with Gasteiger partial charge in [-0.05, 0) is 49.7 Å². The van der Waals surface area contributed by atoms with Crippen LogP contribution in [0.2, 0.25) is 0 Å². The molecule has 0 atom stereocenters. The van der Waals surface area contributed by atoms with E-state index in [1.165, 1.54) is 36.4 Å². The number of hydrogen-bond acceptors (Lipinski definition) is 5. The van der Waals surface area contributed by atoms with E-state index in [2.05, 4.69) is 10.0 Å². The third kappa shape index (κ3) is 5.96. The fourth-order valence-corrected chi connectivity index (χ4v) is 4.22. The van der Waals surface area contributed by atoms with Gasteiger partial charge in [0.1, 0.15) is 0 Å². The Labute approximate surface area is 165 Å². The molecule has 2 rings (SSSR count). The number of amides is 2. The molecule has 0 aliphatic heterocycles. The third-order valence-corrected chi connectivity index (χ3v) is 6.54. The first-order valence-corrected chi connectivity index (χ1v) is 11.6. The smallest absolute Gasteiger partial charge is 0.328 e. The van der Waals surface area contributed by atoms with Crippen molar-refractivity contribution >= 4 is 31.8 Å². The summed E-state index contributed by atoms with van der Waals surface area (Å²) in [6, 6.07) is 10.6. The summed E-state index contributed by atoms with van der Waals surface area (Å²) in [4.78, 5) is 11.6. The third-order valence-electron chi connectivity index (χ3n) is 3.79. The van der Waals surface area contributed by atoms with Gasteiger partial charge >= 0.3 is 6.03 Å². The molecule has 0 saturated carbocycles. The molecule has 0 bridgehead atoms. The van der Waals surface area contributed by atoms with E-state index in [-0.39, 0.29) is 15.5 Å². The molecule has 0 aliphatic rings. The van der Waals surface area contributed by atoms with Crippen LogP contribution in [0.5, 0.6) is 0 Å². The molecule has 0 aliphatic carbocycles. The quantitative estimate of drug-likeness (QED) is 0.561. The predicted octanol–water partition coefficient (Wildman–Crippen LogP) is 2.58. The number of nitrogens with one attached hydrogen (secondary N) is 3. The Morgan fingerprint density at radius 3 is 1.96 bits per heavy atom. The van der Waals surface area contributed by atoms with Crippen LogP contribution in [-0.2, 0) is 20.0 Å². The summed E-state index contributed by atoms with van der Waals surface area (Å²) in [5.74, 6) is 0. The van der Waals surface area contributed by atoms with Crippen LogP contribution in [0.15, 0.2) is 58.3 Å². The standard InChI is InChI=1S/C18H23N3O5S2/c1-3-4-13-19-18(22)21-28(25,26)17-11-7-15(8-12-17)20-27(23,24)16-9-5-14(2)6-10-16/h5-12,20H,3-4,13H2,1-2H3,(H2,19,21,22). The predicted molar refractivity (Wildman–Crippen MR) is 107 cm³/mol. The number of urea groups is 1. The molecule has 0 fully saturated rings. The molecule has 10 heteroatoms. The van der Waals surface area contributed by atoms with E-state index >= 15 is 0 Å². The Balaban J connectivity index is 2.08. The first-order valence-electron chi connectivity index (χ1n) is 8.64. The Bertz CT molecular complexity index is 1020. The molecule has 0 spiro atoms. The van der Waals surface area contributed by atoms with Gasteiger partial charge in [-0.1, -0.05) is 31.0 Å². The van der Waals surface area contributed by atoms with Crippen LogP contribution < -0.4 is 14.8 Å². The minimum Gasteiger partial charge on any atom is -0.337 e. The maximum Gasteiger partial charge on any atom is 0.328 e. The number of aryl methyl sites for hydroxylation is 1. The largest absolute Gasteiger partial charge is 0.337 e. The average Bonchev–Trinajstić information content (AvgIpc) is 2.62. The fourth-order valence-electron chi connectivity index (χ4n) is 2.23. The molecular weight excluding hydrogens is 402 g/mol. The van der Waals surface area contributed by atoms with Crippen molar-refractivity contribution in [2.24, 2.45) is 0 Å². The number of benzene rings is 2. The number of rotatable bonds is 8. The maximum absolute atomic E-state index is 12.4. The van der Waals surface area contributed by atoms with Crippen molar-refractivity contribution < 1.29 is 21.6 Å². The van der Waals surface area contributed by atoms with Gasteiger partial charge in [-0.25, -0.2) is 26.4 Å². The van der Waals surface area contributed by atoms with Gasteiger partial charge in [-0.15, -0.1) is 0 Å². The van der Waals surface area contributed by atoms with Gasteiger partial charge in [0.25, 0.3) is 20.0 Å². The van der Waals surface area contributed by atoms with E-state index in [1.54, 1.807) is 12.1 Å². The lowest BCUT2D eigenvalue weighted by Crippen LogP contribution is -2.39. The van der Waals surface area contributed by atoms with Crippen LogP contribution >= 0.6 is 0 Å². The number of carbonyl (C=O) groups is 1. The van der Waals surface area contributed by atoms with Gasteiger partial charge < -0.3 is 5.32 Å².